The van der Waals surface area contributed by atoms with E-state index in [9.17, 15) is 22.0 Å². The summed E-state index contributed by atoms with van der Waals surface area (Å²) in [5, 5.41) is 2.72. The summed E-state index contributed by atoms with van der Waals surface area (Å²) < 4.78 is 59.6. The number of hydrogen-bond acceptors (Lipinski definition) is 4. The van der Waals surface area contributed by atoms with Gasteiger partial charge in [-0.15, -0.1) is 0 Å². The number of amides is 1. The number of hydrogen-bond donors (Lipinski definition) is 1. The predicted octanol–water partition coefficient (Wildman–Crippen LogP) is 4.44. The SMILES string of the molecule is CCOc1ccc(S(=O)(=O)N(CC(=O)N[C@H](C)c2ccc(F)cc2)c2ccc(F)cc2)cc1. The number of rotatable bonds is 9. The molecule has 0 saturated heterocycles. The minimum atomic E-state index is -4.15. The number of nitrogens with zero attached hydrogens (tertiary/aromatic N) is 1. The van der Waals surface area contributed by atoms with Gasteiger partial charge in [0.15, 0.2) is 0 Å². The van der Waals surface area contributed by atoms with Crippen molar-refractivity contribution in [1.82, 2.24) is 5.32 Å². The number of nitrogens with one attached hydrogen (secondary N) is 1. The van der Waals surface area contributed by atoms with E-state index in [1.165, 1.54) is 60.7 Å². The lowest BCUT2D eigenvalue weighted by atomic mass is 10.1. The minimum absolute atomic E-state index is 0.0466. The van der Waals surface area contributed by atoms with Crippen molar-refractivity contribution in [2.45, 2.75) is 24.8 Å². The predicted molar refractivity (Wildman–Crippen MR) is 122 cm³/mol. The Bertz CT molecular complexity index is 1180. The van der Waals surface area contributed by atoms with Gasteiger partial charge in [0.05, 0.1) is 23.2 Å². The molecule has 0 aromatic heterocycles. The van der Waals surface area contributed by atoms with Gasteiger partial charge in [-0.2, -0.15) is 0 Å². The second-order valence-corrected chi connectivity index (χ2v) is 9.10. The summed E-state index contributed by atoms with van der Waals surface area (Å²) in [6.45, 7) is 3.41. The van der Waals surface area contributed by atoms with Crippen LogP contribution < -0.4 is 14.4 Å². The lowest BCUT2D eigenvalue weighted by molar-refractivity contribution is -0.120. The third-order valence-corrected chi connectivity index (χ3v) is 6.66. The van der Waals surface area contributed by atoms with Crippen LogP contribution in [0.4, 0.5) is 14.5 Å². The zero-order valence-electron chi connectivity index (χ0n) is 18.2. The highest BCUT2D eigenvalue weighted by Gasteiger charge is 2.28. The van der Waals surface area contributed by atoms with Crippen LogP contribution in [0.1, 0.15) is 25.5 Å². The molecule has 0 radical (unpaired) electrons. The van der Waals surface area contributed by atoms with Crippen LogP contribution in [0.25, 0.3) is 0 Å². The molecule has 174 valence electrons. The van der Waals surface area contributed by atoms with Crippen molar-refractivity contribution in [3.8, 4) is 5.75 Å². The van der Waals surface area contributed by atoms with Gasteiger partial charge in [-0.3, -0.25) is 9.10 Å². The fourth-order valence-electron chi connectivity index (χ4n) is 3.18. The van der Waals surface area contributed by atoms with Gasteiger partial charge in [0.25, 0.3) is 10.0 Å². The highest BCUT2D eigenvalue weighted by atomic mass is 32.2. The molecule has 0 fully saturated rings. The van der Waals surface area contributed by atoms with Crippen molar-refractivity contribution in [3.05, 3.63) is 90.0 Å². The summed E-state index contributed by atoms with van der Waals surface area (Å²) in [5.41, 5.74) is 0.794. The number of halogens is 2. The summed E-state index contributed by atoms with van der Waals surface area (Å²) in [7, 11) is -4.15. The molecular weight excluding hydrogens is 450 g/mol. The maximum Gasteiger partial charge on any atom is 0.264 e. The Morgan fingerprint density at radius 1 is 0.939 bits per heavy atom. The molecule has 0 saturated carbocycles. The van der Waals surface area contributed by atoms with Crippen molar-refractivity contribution < 1.29 is 26.7 Å². The molecule has 0 spiro atoms. The van der Waals surface area contributed by atoms with Crippen LogP contribution in [0, 0.1) is 11.6 Å². The Labute approximate surface area is 191 Å². The van der Waals surface area contributed by atoms with Crippen LogP contribution in [-0.4, -0.2) is 27.5 Å². The van der Waals surface area contributed by atoms with Gasteiger partial charge < -0.3 is 10.1 Å². The summed E-state index contributed by atoms with van der Waals surface area (Å²) in [6, 6.07) is 15.8. The highest BCUT2D eigenvalue weighted by molar-refractivity contribution is 7.92. The monoisotopic (exact) mass is 474 g/mol. The van der Waals surface area contributed by atoms with Crippen LogP contribution >= 0.6 is 0 Å². The van der Waals surface area contributed by atoms with E-state index in [1.54, 1.807) is 6.92 Å². The van der Waals surface area contributed by atoms with Crippen LogP contribution in [0.3, 0.4) is 0 Å². The molecular formula is C24H24F2N2O4S. The van der Waals surface area contributed by atoms with Gasteiger partial charge in [-0.25, -0.2) is 17.2 Å². The second-order valence-electron chi connectivity index (χ2n) is 7.23. The maximum atomic E-state index is 13.4. The van der Waals surface area contributed by atoms with Crippen molar-refractivity contribution >= 4 is 21.6 Å². The first kappa shape index (κ1) is 24.2. The molecule has 3 aromatic carbocycles. The average Bonchev–Trinajstić information content (AvgIpc) is 2.79. The van der Waals surface area contributed by atoms with E-state index < -0.39 is 40.2 Å². The van der Waals surface area contributed by atoms with Gasteiger partial charge in [-0.1, -0.05) is 12.1 Å². The lowest BCUT2D eigenvalue weighted by Crippen LogP contribution is -2.41. The first-order valence-corrected chi connectivity index (χ1v) is 11.7. The number of benzene rings is 3. The number of anilines is 1. The van der Waals surface area contributed by atoms with Gasteiger partial charge in [0.1, 0.15) is 23.9 Å². The highest BCUT2D eigenvalue weighted by Crippen LogP contribution is 2.25. The molecule has 1 amide bonds. The fraction of sp³-hybridized carbons (Fsp3) is 0.208. The summed E-state index contributed by atoms with van der Waals surface area (Å²) in [5.74, 6) is -1.01. The molecule has 3 rings (SSSR count). The van der Waals surface area contributed by atoms with Gasteiger partial charge >= 0.3 is 0 Å². The Balaban J connectivity index is 1.87. The molecule has 1 atom stereocenters. The van der Waals surface area contributed by atoms with E-state index in [-0.39, 0.29) is 10.6 Å². The van der Waals surface area contributed by atoms with Crippen molar-refractivity contribution in [2.24, 2.45) is 0 Å². The Hall–Kier alpha value is -3.46. The van der Waals surface area contributed by atoms with Gasteiger partial charge in [-0.05, 0) is 80.1 Å². The first-order valence-electron chi connectivity index (χ1n) is 10.3. The quantitative estimate of drug-likeness (QED) is 0.498. The number of sulfonamides is 1. The topological polar surface area (TPSA) is 75.7 Å². The lowest BCUT2D eigenvalue weighted by Gasteiger charge is -2.25. The molecule has 6 nitrogen and oxygen atoms in total. The molecule has 33 heavy (non-hydrogen) atoms. The van der Waals surface area contributed by atoms with E-state index in [0.717, 1.165) is 16.4 Å². The Kier molecular flexibility index (Phi) is 7.65. The zero-order valence-corrected chi connectivity index (χ0v) is 19.0. The van der Waals surface area contributed by atoms with E-state index in [2.05, 4.69) is 5.32 Å². The van der Waals surface area contributed by atoms with Gasteiger partial charge in [0.2, 0.25) is 5.91 Å². The standard InChI is InChI=1S/C24H24F2N2O4S/c1-3-32-22-12-14-23(15-13-22)33(30,31)28(21-10-8-20(26)9-11-21)16-24(29)27-17(2)18-4-6-19(25)7-5-18/h4-15,17H,3,16H2,1-2H3,(H,27,29)/t17-/m1/s1. The van der Waals surface area contributed by atoms with E-state index in [0.29, 0.717) is 17.9 Å². The van der Waals surface area contributed by atoms with Crippen LogP contribution in [-0.2, 0) is 14.8 Å². The third-order valence-electron chi connectivity index (χ3n) is 4.87. The molecule has 0 bridgehead atoms. The fourth-order valence-corrected chi connectivity index (χ4v) is 4.60. The number of ether oxygens (including phenoxy) is 1. The average molecular weight is 475 g/mol. The number of carbonyl (C=O) groups is 1. The van der Waals surface area contributed by atoms with Crippen LogP contribution in [0.5, 0.6) is 5.75 Å². The minimum Gasteiger partial charge on any atom is -0.494 e. The third kappa shape index (κ3) is 6.07. The largest absolute Gasteiger partial charge is 0.494 e. The van der Waals surface area contributed by atoms with Crippen molar-refractivity contribution in [1.29, 1.82) is 0 Å². The molecule has 1 N–H and O–H groups in total. The van der Waals surface area contributed by atoms with E-state index in [1.807, 2.05) is 6.92 Å². The number of carbonyl (C=O) groups excluding carboxylic acids is 1. The first-order chi connectivity index (χ1) is 15.7. The summed E-state index contributed by atoms with van der Waals surface area (Å²) >= 11 is 0. The molecule has 0 heterocycles. The van der Waals surface area contributed by atoms with Crippen molar-refractivity contribution in [2.75, 3.05) is 17.5 Å². The molecule has 0 aliphatic rings. The van der Waals surface area contributed by atoms with Gasteiger partial charge in [0, 0.05) is 0 Å². The zero-order chi connectivity index (χ0) is 24.0. The smallest absolute Gasteiger partial charge is 0.264 e. The molecule has 3 aromatic rings. The molecule has 0 aliphatic heterocycles. The second kappa shape index (κ2) is 10.4. The Morgan fingerprint density at radius 2 is 1.48 bits per heavy atom. The summed E-state index contributed by atoms with van der Waals surface area (Å²) in [4.78, 5) is 12.7. The maximum absolute atomic E-state index is 13.4. The Morgan fingerprint density at radius 3 is 2.03 bits per heavy atom. The summed E-state index contributed by atoms with van der Waals surface area (Å²) in [6.07, 6.45) is 0. The van der Waals surface area contributed by atoms with Crippen molar-refractivity contribution in [3.63, 3.8) is 0 Å². The molecule has 9 heteroatoms. The molecule has 0 aliphatic carbocycles. The van der Waals surface area contributed by atoms with E-state index in [4.69, 9.17) is 4.74 Å². The van der Waals surface area contributed by atoms with Crippen LogP contribution in [0.15, 0.2) is 77.7 Å². The molecule has 0 unspecified atom stereocenters. The normalized spacial score (nSPS) is 12.1. The van der Waals surface area contributed by atoms with E-state index >= 15 is 0 Å². The van der Waals surface area contributed by atoms with Crippen LogP contribution in [0.2, 0.25) is 0 Å².